The van der Waals surface area contributed by atoms with Crippen molar-refractivity contribution >= 4 is 23.5 Å². The molecule has 0 unspecified atom stereocenters. The maximum atomic E-state index is 13.5. The van der Waals surface area contributed by atoms with Crippen LogP contribution in [-0.4, -0.2) is 15.7 Å². The standard InChI is InChI=1S/C14H15FN2OS2/c1-2-19-9-11-7-13(18)17-14(16-11)20-8-10-5-3-4-6-12(10)15/h3-7H,2,8-9H2,1H3,(H,16,17,18). The third kappa shape index (κ3) is 4.38. The highest BCUT2D eigenvalue weighted by atomic mass is 32.2. The van der Waals surface area contributed by atoms with Gasteiger partial charge in [0.1, 0.15) is 5.82 Å². The number of nitrogens with one attached hydrogen (secondary N) is 1. The van der Waals surface area contributed by atoms with Gasteiger partial charge in [-0.05, 0) is 17.4 Å². The lowest BCUT2D eigenvalue weighted by Gasteiger charge is -2.04. The van der Waals surface area contributed by atoms with E-state index in [4.69, 9.17) is 0 Å². The van der Waals surface area contributed by atoms with Crippen LogP contribution < -0.4 is 5.56 Å². The molecule has 2 aromatic rings. The van der Waals surface area contributed by atoms with E-state index in [0.29, 0.717) is 22.2 Å². The summed E-state index contributed by atoms with van der Waals surface area (Å²) in [4.78, 5) is 18.6. The molecule has 1 heterocycles. The molecular formula is C14H15FN2OS2. The topological polar surface area (TPSA) is 45.8 Å². The molecule has 0 aliphatic carbocycles. The Balaban J connectivity index is 2.07. The molecule has 0 fully saturated rings. The van der Waals surface area contributed by atoms with Gasteiger partial charge in [-0.25, -0.2) is 9.37 Å². The lowest BCUT2D eigenvalue weighted by molar-refractivity contribution is 0.617. The van der Waals surface area contributed by atoms with Gasteiger partial charge in [-0.3, -0.25) is 4.79 Å². The van der Waals surface area contributed by atoms with Crippen LogP contribution in [0.3, 0.4) is 0 Å². The van der Waals surface area contributed by atoms with E-state index in [-0.39, 0.29) is 11.4 Å². The summed E-state index contributed by atoms with van der Waals surface area (Å²) in [5.41, 5.74) is 1.20. The molecule has 0 radical (unpaired) electrons. The second-order valence-electron chi connectivity index (χ2n) is 4.06. The quantitative estimate of drug-likeness (QED) is 0.655. The van der Waals surface area contributed by atoms with E-state index < -0.39 is 0 Å². The number of thioether (sulfide) groups is 2. The van der Waals surface area contributed by atoms with Crippen molar-refractivity contribution in [1.82, 2.24) is 9.97 Å². The van der Waals surface area contributed by atoms with Crippen LogP contribution in [0.5, 0.6) is 0 Å². The van der Waals surface area contributed by atoms with E-state index in [1.807, 2.05) is 0 Å². The van der Waals surface area contributed by atoms with Crippen molar-refractivity contribution in [3.05, 3.63) is 57.8 Å². The van der Waals surface area contributed by atoms with Crippen LogP contribution in [0.1, 0.15) is 18.2 Å². The first-order valence-electron chi connectivity index (χ1n) is 6.23. The van der Waals surface area contributed by atoms with Gasteiger partial charge in [0.15, 0.2) is 5.16 Å². The Morgan fingerprint density at radius 3 is 2.85 bits per heavy atom. The third-order valence-corrected chi connectivity index (χ3v) is 4.38. The van der Waals surface area contributed by atoms with Crippen LogP contribution in [0.15, 0.2) is 40.3 Å². The van der Waals surface area contributed by atoms with Gasteiger partial charge >= 0.3 is 0 Å². The normalized spacial score (nSPS) is 10.7. The summed E-state index contributed by atoms with van der Waals surface area (Å²) in [7, 11) is 0. The van der Waals surface area contributed by atoms with E-state index in [9.17, 15) is 9.18 Å². The molecular weight excluding hydrogens is 295 g/mol. The van der Waals surface area contributed by atoms with Crippen molar-refractivity contribution in [2.45, 2.75) is 23.6 Å². The lowest BCUT2D eigenvalue weighted by atomic mass is 10.2. The van der Waals surface area contributed by atoms with Crippen molar-refractivity contribution in [2.24, 2.45) is 0 Å². The van der Waals surface area contributed by atoms with Crippen LogP contribution in [0.4, 0.5) is 4.39 Å². The second kappa shape index (κ2) is 7.50. The second-order valence-corrected chi connectivity index (χ2v) is 6.30. The molecule has 0 saturated heterocycles. The Morgan fingerprint density at radius 1 is 1.30 bits per heavy atom. The number of hydrogen-bond acceptors (Lipinski definition) is 4. The SMILES string of the molecule is CCSCc1cc(=O)[nH]c(SCc2ccccc2F)n1. The van der Waals surface area contributed by atoms with Crippen LogP contribution in [0.2, 0.25) is 0 Å². The Bertz CT molecular complexity index is 631. The van der Waals surface area contributed by atoms with E-state index in [1.54, 1.807) is 30.0 Å². The Labute approximate surface area is 125 Å². The maximum absolute atomic E-state index is 13.5. The average molecular weight is 310 g/mol. The van der Waals surface area contributed by atoms with Crippen molar-refractivity contribution in [3.8, 4) is 0 Å². The number of nitrogens with zero attached hydrogens (tertiary/aromatic N) is 1. The van der Waals surface area contributed by atoms with Crippen molar-refractivity contribution in [1.29, 1.82) is 0 Å². The minimum absolute atomic E-state index is 0.164. The largest absolute Gasteiger partial charge is 0.301 e. The number of aromatic nitrogens is 2. The zero-order valence-corrected chi connectivity index (χ0v) is 12.7. The maximum Gasteiger partial charge on any atom is 0.251 e. The van der Waals surface area contributed by atoms with Crippen LogP contribution in [0, 0.1) is 5.82 Å². The molecule has 0 atom stereocenters. The Kier molecular flexibility index (Phi) is 5.67. The van der Waals surface area contributed by atoms with E-state index in [1.165, 1.54) is 23.9 Å². The fourth-order valence-electron chi connectivity index (χ4n) is 1.59. The van der Waals surface area contributed by atoms with Gasteiger partial charge in [-0.1, -0.05) is 36.9 Å². The van der Waals surface area contributed by atoms with Crippen molar-refractivity contribution in [3.63, 3.8) is 0 Å². The molecule has 20 heavy (non-hydrogen) atoms. The Morgan fingerprint density at radius 2 is 2.10 bits per heavy atom. The molecule has 1 aromatic carbocycles. The van der Waals surface area contributed by atoms with Gasteiger partial charge in [0.2, 0.25) is 0 Å². The van der Waals surface area contributed by atoms with Crippen LogP contribution in [0.25, 0.3) is 0 Å². The summed E-state index contributed by atoms with van der Waals surface area (Å²) >= 11 is 3.04. The molecule has 0 spiro atoms. The fraction of sp³-hybridized carbons (Fsp3) is 0.286. The summed E-state index contributed by atoms with van der Waals surface area (Å²) in [6, 6.07) is 8.13. The minimum Gasteiger partial charge on any atom is -0.301 e. The fourth-order valence-corrected chi connectivity index (χ4v) is 3.04. The van der Waals surface area contributed by atoms with Gasteiger partial charge in [-0.15, -0.1) is 0 Å². The van der Waals surface area contributed by atoms with Gasteiger partial charge in [-0.2, -0.15) is 11.8 Å². The first-order chi connectivity index (χ1) is 9.69. The molecule has 2 rings (SSSR count). The monoisotopic (exact) mass is 310 g/mol. The number of hydrogen-bond donors (Lipinski definition) is 1. The number of halogens is 1. The predicted molar refractivity (Wildman–Crippen MR) is 82.7 cm³/mol. The molecule has 106 valence electrons. The summed E-state index contributed by atoms with van der Waals surface area (Å²) in [6.07, 6.45) is 0. The molecule has 0 saturated carbocycles. The van der Waals surface area contributed by atoms with Gasteiger partial charge in [0, 0.05) is 17.6 Å². The van der Waals surface area contributed by atoms with Gasteiger partial charge in [0.25, 0.3) is 5.56 Å². The van der Waals surface area contributed by atoms with E-state index in [2.05, 4.69) is 16.9 Å². The average Bonchev–Trinajstić information content (AvgIpc) is 2.44. The van der Waals surface area contributed by atoms with Gasteiger partial charge < -0.3 is 4.98 Å². The number of H-pyrrole nitrogens is 1. The molecule has 0 aliphatic heterocycles. The molecule has 6 heteroatoms. The first kappa shape index (κ1) is 15.1. The van der Waals surface area contributed by atoms with Crippen LogP contribution >= 0.6 is 23.5 Å². The molecule has 1 N–H and O–H groups in total. The Hall–Kier alpha value is -1.27. The third-order valence-electron chi connectivity index (χ3n) is 2.55. The summed E-state index contributed by atoms with van der Waals surface area (Å²) in [5.74, 6) is 1.90. The van der Waals surface area contributed by atoms with Gasteiger partial charge in [0.05, 0.1) is 5.69 Å². The molecule has 1 aromatic heterocycles. The zero-order valence-electron chi connectivity index (χ0n) is 11.1. The van der Waals surface area contributed by atoms with E-state index in [0.717, 1.165) is 11.4 Å². The summed E-state index contributed by atoms with van der Waals surface area (Å²) in [5, 5.41) is 0.535. The van der Waals surface area contributed by atoms with Crippen molar-refractivity contribution < 1.29 is 4.39 Å². The first-order valence-corrected chi connectivity index (χ1v) is 8.37. The van der Waals surface area contributed by atoms with Crippen molar-refractivity contribution in [2.75, 3.05) is 5.75 Å². The highest BCUT2D eigenvalue weighted by Crippen LogP contribution is 2.20. The highest BCUT2D eigenvalue weighted by Gasteiger charge is 2.05. The molecule has 0 aliphatic rings. The molecule has 0 amide bonds. The lowest BCUT2D eigenvalue weighted by Crippen LogP contribution is -2.09. The number of benzene rings is 1. The summed E-state index contributed by atoms with van der Waals surface area (Å²) < 4.78 is 13.5. The number of aromatic amines is 1. The minimum atomic E-state index is -0.236. The number of rotatable bonds is 6. The zero-order chi connectivity index (χ0) is 14.4. The highest BCUT2D eigenvalue weighted by molar-refractivity contribution is 7.98. The predicted octanol–water partition coefficient (Wildman–Crippen LogP) is 3.45. The molecule has 3 nitrogen and oxygen atoms in total. The summed E-state index contributed by atoms with van der Waals surface area (Å²) in [6.45, 7) is 2.06. The molecule has 0 bridgehead atoms. The van der Waals surface area contributed by atoms with E-state index >= 15 is 0 Å². The smallest absolute Gasteiger partial charge is 0.251 e. The van der Waals surface area contributed by atoms with Crippen LogP contribution in [-0.2, 0) is 11.5 Å².